The zero-order valence-corrected chi connectivity index (χ0v) is 26.7. The van der Waals surface area contributed by atoms with Crippen LogP contribution < -0.4 is 25.8 Å². The summed E-state index contributed by atoms with van der Waals surface area (Å²) in [5, 5.41) is 13.0. The van der Waals surface area contributed by atoms with E-state index in [2.05, 4.69) is 10.6 Å². The van der Waals surface area contributed by atoms with E-state index in [0.717, 1.165) is 5.56 Å². The highest BCUT2D eigenvalue weighted by atomic mass is 16.6. The van der Waals surface area contributed by atoms with Gasteiger partial charge in [0.05, 0.1) is 24.2 Å². The van der Waals surface area contributed by atoms with Gasteiger partial charge in [-0.25, -0.2) is 9.59 Å². The normalized spacial score (nSPS) is 15.2. The lowest BCUT2D eigenvalue weighted by Gasteiger charge is -2.26. The standard InChI is InChI=1S/C33H42N4O8/c1-32(2,3)44-26(38)16-23(30(41)45-33(4,5)6)37-28(39)27-21-10-8-7-9-18-15-19(36-31(34)35)11-12-20(18)29(40)43-25(21)17-24-22(27)13-14-42-24/h11-12,15,17,23H,7-10,13-14,16H2,1-6H3,(H,37,39)(H4,34,35,36)/t23-/m0/s1. The van der Waals surface area contributed by atoms with E-state index in [1.54, 1.807) is 65.8 Å². The first-order chi connectivity index (χ1) is 21.0. The molecule has 2 aromatic carbocycles. The summed E-state index contributed by atoms with van der Waals surface area (Å²) in [6, 6.07) is 5.33. The number of hydrogen-bond acceptors (Lipinski definition) is 9. The molecule has 242 valence electrons. The van der Waals surface area contributed by atoms with Crippen LogP contribution in [0.5, 0.6) is 11.5 Å². The lowest BCUT2D eigenvalue weighted by atomic mass is 9.91. The zero-order valence-electron chi connectivity index (χ0n) is 26.7. The number of carbonyl (C=O) groups excluding carboxylic acids is 4. The minimum atomic E-state index is -1.33. The molecule has 0 radical (unpaired) electrons. The van der Waals surface area contributed by atoms with Gasteiger partial charge in [-0.1, -0.05) is 0 Å². The topological polar surface area (TPSA) is 179 Å². The summed E-state index contributed by atoms with van der Waals surface area (Å²) in [7, 11) is 0. The summed E-state index contributed by atoms with van der Waals surface area (Å²) in [4.78, 5) is 53.5. The van der Waals surface area contributed by atoms with Gasteiger partial charge in [0.25, 0.3) is 5.91 Å². The molecule has 2 aliphatic heterocycles. The molecule has 4 rings (SSSR count). The highest BCUT2D eigenvalue weighted by Gasteiger charge is 2.35. The average Bonchev–Trinajstić information content (AvgIpc) is 3.36. The van der Waals surface area contributed by atoms with Crippen molar-refractivity contribution in [1.82, 2.24) is 5.32 Å². The second-order valence-electron chi connectivity index (χ2n) is 13.2. The Morgan fingerprint density at radius 3 is 2.29 bits per heavy atom. The van der Waals surface area contributed by atoms with Gasteiger partial charge in [-0.05, 0) is 91.0 Å². The van der Waals surface area contributed by atoms with Gasteiger partial charge in [-0.2, -0.15) is 0 Å². The van der Waals surface area contributed by atoms with E-state index in [0.29, 0.717) is 66.8 Å². The molecule has 0 aromatic heterocycles. The highest BCUT2D eigenvalue weighted by molar-refractivity contribution is 6.02. The number of carbonyl (C=O) groups is 4. The quantitative estimate of drug-likeness (QED) is 0.158. The largest absolute Gasteiger partial charge is 0.493 e. The Morgan fingerprint density at radius 2 is 1.62 bits per heavy atom. The maximum Gasteiger partial charge on any atom is 0.343 e. The number of guanidine groups is 1. The Morgan fingerprint density at radius 1 is 0.956 bits per heavy atom. The fraction of sp³-hybridized carbons (Fsp3) is 0.485. The Hall–Kier alpha value is -4.61. The van der Waals surface area contributed by atoms with E-state index < -0.39 is 47.5 Å². The third kappa shape index (κ3) is 8.74. The Kier molecular flexibility index (Phi) is 9.74. The van der Waals surface area contributed by atoms with E-state index in [4.69, 9.17) is 30.1 Å². The predicted molar refractivity (Wildman–Crippen MR) is 167 cm³/mol. The summed E-state index contributed by atoms with van der Waals surface area (Å²) >= 11 is 0. The number of benzene rings is 2. The molecule has 1 atom stereocenters. The number of nitrogens with one attached hydrogen (secondary N) is 3. The summed E-state index contributed by atoms with van der Waals surface area (Å²) < 4.78 is 22.7. The zero-order chi connectivity index (χ0) is 33.1. The lowest BCUT2D eigenvalue weighted by molar-refractivity contribution is -0.164. The molecule has 45 heavy (non-hydrogen) atoms. The van der Waals surface area contributed by atoms with E-state index in [-0.39, 0.29) is 17.3 Å². The molecule has 2 heterocycles. The predicted octanol–water partition coefficient (Wildman–Crippen LogP) is 4.20. The molecular formula is C33H42N4O8. The number of nitrogens with two attached hydrogens (primary N) is 1. The number of esters is 3. The second kappa shape index (κ2) is 13.2. The van der Waals surface area contributed by atoms with E-state index in [1.807, 2.05) is 0 Å². The Balaban J connectivity index is 1.70. The van der Waals surface area contributed by atoms with Gasteiger partial charge in [0.2, 0.25) is 0 Å². The minimum Gasteiger partial charge on any atom is -0.493 e. The van der Waals surface area contributed by atoms with Gasteiger partial charge in [0.1, 0.15) is 28.7 Å². The smallest absolute Gasteiger partial charge is 0.343 e. The lowest BCUT2D eigenvalue weighted by Crippen LogP contribution is -2.46. The summed E-state index contributed by atoms with van der Waals surface area (Å²) in [6.07, 6.45) is 2.32. The van der Waals surface area contributed by atoms with Crippen molar-refractivity contribution < 1.29 is 38.1 Å². The van der Waals surface area contributed by atoms with Gasteiger partial charge >= 0.3 is 17.9 Å². The number of anilines is 1. The third-order valence-corrected chi connectivity index (χ3v) is 7.01. The van der Waals surface area contributed by atoms with Gasteiger partial charge in [-0.15, -0.1) is 0 Å². The molecule has 5 N–H and O–H groups in total. The number of aryl methyl sites for hydroxylation is 1. The van der Waals surface area contributed by atoms with Crippen LogP contribution in [0.15, 0.2) is 24.3 Å². The van der Waals surface area contributed by atoms with Crippen LogP contribution in [0, 0.1) is 5.41 Å². The average molecular weight is 623 g/mol. The minimum absolute atomic E-state index is 0.186. The summed E-state index contributed by atoms with van der Waals surface area (Å²) in [5.41, 5.74) is 6.91. The molecule has 1 amide bonds. The van der Waals surface area contributed by atoms with Crippen LogP contribution in [0.2, 0.25) is 0 Å². The van der Waals surface area contributed by atoms with Gasteiger partial charge in [0, 0.05) is 29.3 Å². The fourth-order valence-electron chi connectivity index (χ4n) is 5.33. The molecule has 0 aliphatic carbocycles. The van der Waals surface area contributed by atoms with E-state index in [1.165, 1.54) is 0 Å². The summed E-state index contributed by atoms with van der Waals surface area (Å²) in [6.45, 7) is 10.5. The molecular weight excluding hydrogens is 580 g/mol. The number of ether oxygens (including phenoxy) is 4. The maximum atomic E-state index is 14.1. The van der Waals surface area contributed by atoms with Crippen molar-refractivity contribution in [2.45, 2.75) is 97.3 Å². The first kappa shape index (κ1) is 33.3. The molecule has 0 fully saturated rings. The van der Waals surface area contributed by atoms with Crippen LogP contribution in [0.1, 0.15) is 98.2 Å². The Labute approximate surface area is 262 Å². The van der Waals surface area contributed by atoms with Crippen molar-refractivity contribution in [3.8, 4) is 11.5 Å². The van der Waals surface area contributed by atoms with E-state index in [9.17, 15) is 19.2 Å². The molecule has 0 spiro atoms. The van der Waals surface area contributed by atoms with Crippen molar-refractivity contribution in [1.29, 1.82) is 5.41 Å². The van der Waals surface area contributed by atoms with Crippen LogP contribution in [0.3, 0.4) is 0 Å². The van der Waals surface area contributed by atoms with Gasteiger partial charge < -0.3 is 35.3 Å². The van der Waals surface area contributed by atoms with Crippen molar-refractivity contribution in [2.24, 2.45) is 5.73 Å². The van der Waals surface area contributed by atoms with E-state index >= 15 is 0 Å². The molecule has 2 aliphatic rings. The van der Waals surface area contributed by atoms with Gasteiger partial charge in [-0.3, -0.25) is 15.0 Å². The highest BCUT2D eigenvalue weighted by Crippen LogP contribution is 2.39. The van der Waals surface area contributed by atoms with Crippen LogP contribution in [-0.4, -0.2) is 53.6 Å². The second-order valence-corrected chi connectivity index (χ2v) is 13.2. The number of fused-ring (bicyclic) bond motifs is 3. The van der Waals surface area contributed by atoms with Crippen molar-refractivity contribution >= 4 is 35.5 Å². The van der Waals surface area contributed by atoms with Crippen LogP contribution in [0.25, 0.3) is 0 Å². The monoisotopic (exact) mass is 622 g/mol. The first-order valence-electron chi connectivity index (χ1n) is 15.0. The molecule has 2 aromatic rings. The van der Waals surface area contributed by atoms with Crippen LogP contribution in [0.4, 0.5) is 5.69 Å². The van der Waals surface area contributed by atoms with Crippen molar-refractivity contribution in [3.63, 3.8) is 0 Å². The molecule has 0 unspecified atom stereocenters. The first-order valence-corrected chi connectivity index (χ1v) is 15.0. The number of hydrogen-bond donors (Lipinski definition) is 4. The molecule has 0 saturated carbocycles. The summed E-state index contributed by atoms with van der Waals surface area (Å²) in [5.74, 6) is -2.28. The number of amides is 1. The maximum absolute atomic E-state index is 14.1. The van der Waals surface area contributed by atoms with Crippen molar-refractivity contribution in [2.75, 3.05) is 11.9 Å². The van der Waals surface area contributed by atoms with Gasteiger partial charge in [0.15, 0.2) is 5.96 Å². The fourth-order valence-corrected chi connectivity index (χ4v) is 5.33. The molecule has 12 heteroatoms. The molecule has 0 saturated heterocycles. The third-order valence-electron chi connectivity index (χ3n) is 7.01. The molecule has 0 bridgehead atoms. The SMILES string of the molecule is CC(C)(C)OC(=O)C[C@H](NC(=O)c1c2c(cc3c1CCCCc1cc(NC(=N)N)ccc1C(=O)O3)OCC2)C(=O)OC(C)(C)C. The van der Waals surface area contributed by atoms with Crippen molar-refractivity contribution in [3.05, 3.63) is 52.1 Å². The Bertz CT molecular complexity index is 1520. The molecule has 12 nitrogen and oxygen atoms in total. The number of rotatable bonds is 6. The van der Waals surface area contributed by atoms with Crippen LogP contribution in [-0.2, 0) is 38.3 Å². The van der Waals surface area contributed by atoms with Crippen LogP contribution >= 0.6 is 0 Å².